The quantitative estimate of drug-likeness (QED) is 0.662. The van der Waals surface area contributed by atoms with Crippen molar-refractivity contribution >= 4 is 53.8 Å². The van der Waals surface area contributed by atoms with Crippen LogP contribution in [0, 0.1) is 0 Å². The Morgan fingerprint density at radius 3 is 1.24 bits per heavy atom. The summed E-state index contributed by atoms with van der Waals surface area (Å²) < 4.78 is 79.2. The Balaban J connectivity index is 2.35. The third kappa shape index (κ3) is 4.91. The summed E-state index contributed by atoms with van der Waals surface area (Å²) in [5.74, 6) is 0. The Kier molecular flexibility index (Phi) is 5.78. The molecule has 25 heavy (non-hydrogen) atoms. The SMILES string of the molecule is O=S(=O)(OS(=O)(=O)c1ccccc1Cl)OS(=O)(=O)c1ccccc1Cl. The Morgan fingerprint density at radius 1 is 0.600 bits per heavy atom. The Bertz CT molecular complexity index is 1030. The molecule has 0 radical (unpaired) electrons. The van der Waals surface area contributed by atoms with Gasteiger partial charge in [-0.05, 0) is 24.3 Å². The zero-order chi connectivity index (χ0) is 18.9. The van der Waals surface area contributed by atoms with Gasteiger partial charge in [-0.25, -0.2) is 0 Å². The summed E-state index contributed by atoms with van der Waals surface area (Å²) in [5, 5.41) is -0.654. The molecule has 0 amide bonds. The molecule has 2 rings (SSSR count). The molecule has 0 aliphatic rings. The lowest BCUT2D eigenvalue weighted by Gasteiger charge is -2.08. The standard InChI is InChI=1S/C12H8Cl2O8S3/c13-9-5-1-3-7-11(9)23(15,16)21-25(19,20)22-24(17,18)12-8-4-2-6-10(12)14/h1-8H. The molecule has 136 valence electrons. The van der Waals surface area contributed by atoms with E-state index < -0.39 is 40.4 Å². The molecule has 0 aliphatic heterocycles. The van der Waals surface area contributed by atoms with Crippen molar-refractivity contribution in [2.24, 2.45) is 0 Å². The van der Waals surface area contributed by atoms with Crippen LogP contribution in [0.2, 0.25) is 10.0 Å². The molecule has 0 atom stereocenters. The molecule has 0 heterocycles. The fourth-order valence-electron chi connectivity index (χ4n) is 1.60. The Labute approximate surface area is 154 Å². The van der Waals surface area contributed by atoms with E-state index in [1.54, 1.807) is 0 Å². The van der Waals surface area contributed by atoms with Gasteiger partial charge in [0.2, 0.25) is 0 Å². The lowest BCUT2D eigenvalue weighted by atomic mass is 10.4. The van der Waals surface area contributed by atoms with Gasteiger partial charge in [-0.15, -0.1) is 7.26 Å². The van der Waals surface area contributed by atoms with Gasteiger partial charge in [-0.2, -0.15) is 25.3 Å². The van der Waals surface area contributed by atoms with Gasteiger partial charge in [0.25, 0.3) is 0 Å². The van der Waals surface area contributed by atoms with Crippen LogP contribution in [0.25, 0.3) is 0 Å². The van der Waals surface area contributed by atoms with Gasteiger partial charge in [0, 0.05) is 0 Å². The third-order valence-electron chi connectivity index (χ3n) is 2.56. The topological polar surface area (TPSA) is 121 Å². The minimum atomic E-state index is -5.52. The molecule has 0 aliphatic carbocycles. The minimum absolute atomic E-state index is 0.327. The van der Waals surface area contributed by atoms with Gasteiger partial charge in [0.15, 0.2) is 0 Å². The van der Waals surface area contributed by atoms with Gasteiger partial charge in [0.1, 0.15) is 9.79 Å². The highest BCUT2D eigenvalue weighted by Gasteiger charge is 2.34. The summed E-state index contributed by atoms with van der Waals surface area (Å²) in [6.07, 6.45) is 0. The average Bonchev–Trinajstić information content (AvgIpc) is 2.45. The first kappa shape index (κ1) is 20.1. The minimum Gasteiger partial charge on any atom is -0.193 e. The molecular weight excluding hydrogens is 439 g/mol. The first-order valence-electron chi connectivity index (χ1n) is 6.11. The molecule has 0 N–H and O–H groups in total. The van der Waals surface area contributed by atoms with Crippen molar-refractivity contribution in [3.05, 3.63) is 58.6 Å². The van der Waals surface area contributed by atoms with Gasteiger partial charge in [-0.1, -0.05) is 47.5 Å². The molecule has 8 nitrogen and oxygen atoms in total. The largest absolute Gasteiger partial charge is 0.429 e. The summed E-state index contributed by atoms with van der Waals surface area (Å²) in [7, 11) is -15.4. The molecule has 0 spiro atoms. The highest BCUT2D eigenvalue weighted by atomic mass is 35.5. The predicted molar refractivity (Wildman–Crippen MR) is 88.4 cm³/mol. The van der Waals surface area contributed by atoms with E-state index in [1.165, 1.54) is 36.4 Å². The third-order valence-corrected chi connectivity index (χ3v) is 8.00. The summed E-state index contributed by atoms with van der Waals surface area (Å²) in [6, 6.07) is 9.59. The van der Waals surface area contributed by atoms with E-state index in [0.717, 1.165) is 12.1 Å². The van der Waals surface area contributed by atoms with E-state index in [-0.39, 0.29) is 10.0 Å². The number of halogens is 2. The molecule has 0 saturated carbocycles. The van der Waals surface area contributed by atoms with E-state index in [4.69, 9.17) is 23.2 Å². The van der Waals surface area contributed by atoms with Crippen molar-refractivity contribution in [2.45, 2.75) is 9.79 Å². The maximum Gasteiger partial charge on any atom is 0.429 e. The van der Waals surface area contributed by atoms with Crippen LogP contribution < -0.4 is 0 Å². The lowest BCUT2D eigenvalue weighted by Crippen LogP contribution is -2.20. The van der Waals surface area contributed by atoms with Crippen molar-refractivity contribution in [1.82, 2.24) is 0 Å². The number of benzene rings is 2. The van der Waals surface area contributed by atoms with Crippen LogP contribution in [-0.4, -0.2) is 25.3 Å². The zero-order valence-electron chi connectivity index (χ0n) is 11.9. The first-order valence-corrected chi connectivity index (χ1v) is 11.0. The van der Waals surface area contributed by atoms with Gasteiger partial charge < -0.3 is 0 Å². The van der Waals surface area contributed by atoms with E-state index in [1.807, 2.05) is 0 Å². The van der Waals surface area contributed by atoms with Crippen LogP contribution in [0.3, 0.4) is 0 Å². The molecule has 0 unspecified atom stereocenters. The molecule has 0 bridgehead atoms. The van der Waals surface area contributed by atoms with Crippen molar-refractivity contribution in [2.75, 3.05) is 0 Å². The second-order valence-corrected chi connectivity index (χ2v) is 9.73. The highest BCUT2D eigenvalue weighted by Crippen LogP contribution is 2.27. The summed E-state index contributed by atoms with van der Waals surface area (Å²) in [6.45, 7) is 0. The van der Waals surface area contributed by atoms with Crippen LogP contribution >= 0.6 is 23.2 Å². The molecule has 0 fully saturated rings. The normalized spacial score (nSPS) is 12.9. The molecule has 2 aromatic rings. The van der Waals surface area contributed by atoms with Crippen LogP contribution in [0.15, 0.2) is 58.3 Å². The average molecular weight is 447 g/mol. The van der Waals surface area contributed by atoms with Gasteiger partial charge in [-0.3, -0.25) is 0 Å². The van der Waals surface area contributed by atoms with E-state index in [9.17, 15) is 25.3 Å². The van der Waals surface area contributed by atoms with Gasteiger partial charge in [0.05, 0.1) is 10.0 Å². The van der Waals surface area contributed by atoms with Crippen molar-refractivity contribution in [3.8, 4) is 0 Å². The van der Waals surface area contributed by atoms with Crippen LogP contribution in [0.5, 0.6) is 0 Å². The molecule has 0 saturated heterocycles. The monoisotopic (exact) mass is 446 g/mol. The molecular formula is C12H8Cl2O8S3. The number of hydrogen-bond donors (Lipinski definition) is 0. The maximum atomic E-state index is 12.0. The predicted octanol–water partition coefficient (Wildman–Crippen LogP) is 2.35. The Morgan fingerprint density at radius 2 is 0.920 bits per heavy atom. The lowest BCUT2D eigenvalue weighted by molar-refractivity contribution is 0.386. The molecule has 2 aromatic carbocycles. The zero-order valence-corrected chi connectivity index (χ0v) is 15.8. The second-order valence-electron chi connectivity index (χ2n) is 4.31. The smallest absolute Gasteiger partial charge is 0.193 e. The summed E-state index contributed by atoms with van der Waals surface area (Å²) in [4.78, 5) is -1.36. The van der Waals surface area contributed by atoms with Crippen LogP contribution in [0.1, 0.15) is 0 Å². The van der Waals surface area contributed by atoms with Crippen molar-refractivity contribution in [3.63, 3.8) is 0 Å². The number of hydrogen-bond acceptors (Lipinski definition) is 8. The van der Waals surface area contributed by atoms with E-state index >= 15 is 0 Å². The van der Waals surface area contributed by atoms with E-state index in [0.29, 0.717) is 0 Å². The molecule has 0 aromatic heterocycles. The van der Waals surface area contributed by atoms with Gasteiger partial charge >= 0.3 is 30.6 Å². The first-order chi connectivity index (χ1) is 11.4. The molecule has 13 heteroatoms. The maximum absolute atomic E-state index is 12.0. The van der Waals surface area contributed by atoms with Crippen molar-refractivity contribution < 1.29 is 32.5 Å². The van der Waals surface area contributed by atoms with Crippen LogP contribution in [0.4, 0.5) is 0 Å². The highest BCUT2D eigenvalue weighted by molar-refractivity contribution is 8.03. The fraction of sp³-hybridized carbons (Fsp3) is 0. The fourth-order valence-corrected chi connectivity index (χ4v) is 6.18. The summed E-state index contributed by atoms with van der Waals surface area (Å²) in [5.41, 5.74) is 0. The summed E-state index contributed by atoms with van der Waals surface area (Å²) >= 11 is 11.3. The van der Waals surface area contributed by atoms with Crippen molar-refractivity contribution in [1.29, 1.82) is 0 Å². The number of rotatable bonds is 6. The second kappa shape index (κ2) is 7.19. The Hall–Kier alpha value is -1.21. The van der Waals surface area contributed by atoms with Crippen LogP contribution in [-0.2, 0) is 37.9 Å². The van der Waals surface area contributed by atoms with E-state index in [2.05, 4.69) is 7.26 Å².